The normalized spacial score (nSPS) is 17.1. The molecule has 0 N–H and O–H groups in total. The Balaban J connectivity index is 2.13. The summed E-state index contributed by atoms with van der Waals surface area (Å²) in [7, 11) is 0. The van der Waals surface area contributed by atoms with Crippen molar-refractivity contribution in [3.63, 3.8) is 0 Å². The summed E-state index contributed by atoms with van der Waals surface area (Å²) >= 11 is 0. The molecule has 3 heteroatoms. The molecule has 76 valence electrons. The maximum absolute atomic E-state index is 5.31. The fourth-order valence-electron chi connectivity index (χ4n) is 1.65. The van der Waals surface area contributed by atoms with Gasteiger partial charge in [-0.05, 0) is 24.1 Å². The highest BCUT2D eigenvalue weighted by atomic mass is 16.5. The van der Waals surface area contributed by atoms with Gasteiger partial charge in [-0.3, -0.25) is 0 Å². The zero-order valence-corrected chi connectivity index (χ0v) is 8.57. The number of ether oxygens (including phenoxy) is 1. The summed E-state index contributed by atoms with van der Waals surface area (Å²) in [6.45, 7) is 5.72. The van der Waals surface area contributed by atoms with E-state index < -0.39 is 0 Å². The fraction of sp³-hybridized carbons (Fsp3) is 0.545. The molecule has 0 spiro atoms. The first-order valence-electron chi connectivity index (χ1n) is 5.18. The predicted octanol–water partition coefficient (Wildman–Crippen LogP) is 1.48. The van der Waals surface area contributed by atoms with Crippen molar-refractivity contribution < 1.29 is 4.74 Å². The van der Waals surface area contributed by atoms with Crippen molar-refractivity contribution in [1.82, 2.24) is 4.98 Å². The summed E-state index contributed by atoms with van der Waals surface area (Å²) in [5.74, 6) is 1.09. The van der Waals surface area contributed by atoms with Crippen LogP contribution in [0.25, 0.3) is 0 Å². The number of hydrogen-bond donors (Lipinski definition) is 0. The highest BCUT2D eigenvalue weighted by Gasteiger charge is 2.11. The summed E-state index contributed by atoms with van der Waals surface area (Å²) < 4.78 is 5.31. The molecular formula is C11H16N2O. The van der Waals surface area contributed by atoms with Gasteiger partial charge in [0.2, 0.25) is 0 Å². The largest absolute Gasteiger partial charge is 0.378 e. The lowest BCUT2D eigenvalue weighted by molar-refractivity contribution is 0.122. The molecule has 1 aromatic heterocycles. The molecule has 0 aliphatic carbocycles. The third kappa shape index (κ3) is 2.04. The van der Waals surface area contributed by atoms with Crippen molar-refractivity contribution in [2.75, 3.05) is 31.2 Å². The van der Waals surface area contributed by atoms with Crippen LogP contribution >= 0.6 is 0 Å². The third-order valence-corrected chi connectivity index (χ3v) is 2.55. The van der Waals surface area contributed by atoms with Crippen LogP contribution in [0.15, 0.2) is 18.3 Å². The summed E-state index contributed by atoms with van der Waals surface area (Å²) in [5.41, 5.74) is 1.35. The minimum Gasteiger partial charge on any atom is -0.378 e. The van der Waals surface area contributed by atoms with E-state index in [0.29, 0.717) is 0 Å². The van der Waals surface area contributed by atoms with E-state index in [-0.39, 0.29) is 0 Å². The van der Waals surface area contributed by atoms with Gasteiger partial charge in [-0.25, -0.2) is 4.98 Å². The number of rotatable bonds is 2. The number of pyridine rings is 1. The number of nitrogens with zero attached hydrogens (tertiary/aromatic N) is 2. The van der Waals surface area contributed by atoms with Crippen LogP contribution in [0.2, 0.25) is 0 Å². The average molecular weight is 192 g/mol. The molecule has 0 bridgehead atoms. The second-order valence-electron chi connectivity index (χ2n) is 3.48. The van der Waals surface area contributed by atoms with Gasteiger partial charge in [0.05, 0.1) is 13.2 Å². The predicted molar refractivity (Wildman–Crippen MR) is 56.6 cm³/mol. The van der Waals surface area contributed by atoms with E-state index in [1.54, 1.807) is 0 Å². The van der Waals surface area contributed by atoms with Crippen LogP contribution in [0.1, 0.15) is 12.5 Å². The Morgan fingerprint density at radius 1 is 1.43 bits per heavy atom. The molecule has 0 aromatic carbocycles. The van der Waals surface area contributed by atoms with Gasteiger partial charge < -0.3 is 9.64 Å². The van der Waals surface area contributed by atoms with E-state index in [2.05, 4.69) is 28.9 Å². The van der Waals surface area contributed by atoms with Crippen LogP contribution in [0.3, 0.4) is 0 Å². The van der Waals surface area contributed by atoms with Crippen molar-refractivity contribution in [2.45, 2.75) is 13.3 Å². The van der Waals surface area contributed by atoms with E-state index in [9.17, 15) is 0 Å². The van der Waals surface area contributed by atoms with Gasteiger partial charge in [-0.15, -0.1) is 0 Å². The molecule has 0 unspecified atom stereocenters. The molecule has 1 aliphatic rings. The standard InChI is InChI=1S/C11H16N2O/c1-2-10-3-4-12-11(9-10)13-5-7-14-8-6-13/h3-4,9H,2,5-8H2,1H3. The lowest BCUT2D eigenvalue weighted by Crippen LogP contribution is -2.36. The Hall–Kier alpha value is -1.09. The molecule has 2 heterocycles. The molecular weight excluding hydrogens is 176 g/mol. The molecule has 0 saturated carbocycles. The van der Waals surface area contributed by atoms with Crippen LogP contribution in [-0.4, -0.2) is 31.3 Å². The lowest BCUT2D eigenvalue weighted by atomic mass is 10.2. The summed E-state index contributed by atoms with van der Waals surface area (Å²) in [4.78, 5) is 6.66. The average Bonchev–Trinajstić information content (AvgIpc) is 2.30. The molecule has 1 saturated heterocycles. The monoisotopic (exact) mass is 192 g/mol. The molecule has 0 atom stereocenters. The number of aryl methyl sites for hydroxylation is 1. The number of aromatic nitrogens is 1. The van der Waals surface area contributed by atoms with Gasteiger partial charge in [0.1, 0.15) is 5.82 Å². The van der Waals surface area contributed by atoms with E-state index >= 15 is 0 Å². The summed E-state index contributed by atoms with van der Waals surface area (Å²) in [5, 5.41) is 0. The number of anilines is 1. The zero-order valence-electron chi connectivity index (χ0n) is 8.57. The maximum Gasteiger partial charge on any atom is 0.128 e. The molecule has 3 nitrogen and oxygen atoms in total. The van der Waals surface area contributed by atoms with Gasteiger partial charge >= 0.3 is 0 Å². The Bertz CT molecular complexity index is 295. The van der Waals surface area contributed by atoms with Crippen LogP contribution in [0.5, 0.6) is 0 Å². The van der Waals surface area contributed by atoms with E-state index in [4.69, 9.17) is 4.74 Å². The van der Waals surface area contributed by atoms with E-state index in [1.807, 2.05) is 6.20 Å². The van der Waals surface area contributed by atoms with Crippen molar-refractivity contribution in [2.24, 2.45) is 0 Å². The number of morpholine rings is 1. The highest BCUT2D eigenvalue weighted by Crippen LogP contribution is 2.14. The van der Waals surface area contributed by atoms with Gasteiger partial charge in [-0.2, -0.15) is 0 Å². The van der Waals surface area contributed by atoms with Crippen LogP contribution in [0.4, 0.5) is 5.82 Å². The minimum absolute atomic E-state index is 0.817. The third-order valence-electron chi connectivity index (χ3n) is 2.55. The zero-order chi connectivity index (χ0) is 9.80. The minimum atomic E-state index is 0.817. The number of hydrogen-bond acceptors (Lipinski definition) is 3. The second-order valence-corrected chi connectivity index (χ2v) is 3.48. The SMILES string of the molecule is CCc1ccnc(N2CCOCC2)c1. The Morgan fingerprint density at radius 2 is 2.21 bits per heavy atom. The maximum atomic E-state index is 5.31. The summed E-state index contributed by atoms with van der Waals surface area (Å²) in [6.07, 6.45) is 2.96. The van der Waals surface area contributed by atoms with Crippen LogP contribution in [0, 0.1) is 0 Å². The van der Waals surface area contributed by atoms with Crippen molar-refractivity contribution in [3.05, 3.63) is 23.9 Å². The molecule has 2 rings (SSSR count). The molecule has 1 fully saturated rings. The highest BCUT2D eigenvalue weighted by molar-refractivity contribution is 5.41. The van der Waals surface area contributed by atoms with Gasteiger partial charge in [0.25, 0.3) is 0 Å². The molecule has 1 aliphatic heterocycles. The lowest BCUT2D eigenvalue weighted by Gasteiger charge is -2.27. The molecule has 0 amide bonds. The van der Waals surface area contributed by atoms with Crippen LogP contribution in [-0.2, 0) is 11.2 Å². The topological polar surface area (TPSA) is 25.4 Å². The molecule has 0 radical (unpaired) electrons. The first-order valence-corrected chi connectivity index (χ1v) is 5.18. The Morgan fingerprint density at radius 3 is 2.93 bits per heavy atom. The van der Waals surface area contributed by atoms with Gasteiger partial charge in [0, 0.05) is 19.3 Å². The van der Waals surface area contributed by atoms with E-state index in [1.165, 1.54) is 5.56 Å². The first kappa shape index (κ1) is 9.46. The van der Waals surface area contributed by atoms with Crippen molar-refractivity contribution >= 4 is 5.82 Å². The van der Waals surface area contributed by atoms with Gasteiger partial charge in [-0.1, -0.05) is 6.92 Å². The molecule has 14 heavy (non-hydrogen) atoms. The Kier molecular flexibility index (Phi) is 2.99. The van der Waals surface area contributed by atoms with Crippen LogP contribution < -0.4 is 4.90 Å². The molecule has 1 aromatic rings. The Labute approximate surface area is 84.7 Å². The van der Waals surface area contributed by atoms with Crippen molar-refractivity contribution in [1.29, 1.82) is 0 Å². The van der Waals surface area contributed by atoms with Crippen molar-refractivity contribution in [3.8, 4) is 0 Å². The first-order chi connectivity index (χ1) is 6.90. The van der Waals surface area contributed by atoms with E-state index in [0.717, 1.165) is 38.5 Å². The van der Waals surface area contributed by atoms with Gasteiger partial charge in [0.15, 0.2) is 0 Å². The smallest absolute Gasteiger partial charge is 0.128 e. The second kappa shape index (κ2) is 4.42. The quantitative estimate of drug-likeness (QED) is 0.709. The fourth-order valence-corrected chi connectivity index (χ4v) is 1.65. The summed E-state index contributed by atoms with van der Waals surface area (Å²) in [6, 6.07) is 4.25.